The molecule has 0 amide bonds. The van der Waals surface area contributed by atoms with Crippen molar-refractivity contribution >= 4 is 0 Å². The van der Waals surface area contributed by atoms with Gasteiger partial charge in [0.15, 0.2) is 0 Å². The van der Waals surface area contributed by atoms with Crippen LogP contribution in [0, 0.1) is 5.82 Å². The summed E-state index contributed by atoms with van der Waals surface area (Å²) in [7, 11) is 0. The van der Waals surface area contributed by atoms with Crippen molar-refractivity contribution in [1.29, 1.82) is 0 Å². The highest BCUT2D eigenvalue weighted by Crippen LogP contribution is 2.24. The van der Waals surface area contributed by atoms with Crippen molar-refractivity contribution in [2.24, 2.45) is 5.73 Å². The molecule has 1 saturated heterocycles. The van der Waals surface area contributed by atoms with E-state index < -0.39 is 0 Å². The molecular weight excluding hydrogens is 193 g/mol. The van der Waals surface area contributed by atoms with Gasteiger partial charge in [-0.3, -0.25) is 0 Å². The lowest BCUT2D eigenvalue weighted by atomic mass is 9.96. The van der Waals surface area contributed by atoms with Crippen LogP contribution >= 0.6 is 0 Å². The first-order chi connectivity index (χ1) is 7.27. The maximum absolute atomic E-state index is 13.0. The molecule has 1 aromatic rings. The fourth-order valence-electron chi connectivity index (χ4n) is 1.98. The number of hydrogen-bond acceptors (Lipinski definition) is 2. The smallest absolute Gasteiger partial charge is 0.123 e. The molecule has 1 aromatic carbocycles. The molecule has 1 fully saturated rings. The Bertz CT molecular complexity index is 323. The molecule has 2 nitrogen and oxygen atoms in total. The van der Waals surface area contributed by atoms with Gasteiger partial charge < -0.3 is 10.5 Å². The summed E-state index contributed by atoms with van der Waals surface area (Å²) < 4.78 is 18.6. The zero-order valence-corrected chi connectivity index (χ0v) is 8.66. The quantitative estimate of drug-likeness (QED) is 0.811. The third-order valence-corrected chi connectivity index (χ3v) is 2.85. The molecule has 0 aliphatic carbocycles. The third kappa shape index (κ3) is 2.55. The minimum atomic E-state index is -0.237. The molecule has 0 radical (unpaired) electrons. The zero-order chi connectivity index (χ0) is 10.7. The molecule has 2 unspecified atom stereocenters. The van der Waals surface area contributed by atoms with Gasteiger partial charge in [0.25, 0.3) is 0 Å². The van der Waals surface area contributed by atoms with Gasteiger partial charge in [-0.05, 0) is 37.0 Å². The Morgan fingerprint density at radius 2 is 2.27 bits per heavy atom. The van der Waals surface area contributed by atoms with Crippen LogP contribution in [0.5, 0.6) is 0 Å². The first-order valence-corrected chi connectivity index (χ1v) is 5.40. The summed E-state index contributed by atoms with van der Waals surface area (Å²) in [6, 6.07) is 6.25. The van der Waals surface area contributed by atoms with Gasteiger partial charge in [-0.1, -0.05) is 12.1 Å². The average Bonchev–Trinajstić information content (AvgIpc) is 2.29. The van der Waals surface area contributed by atoms with Crippen LogP contribution < -0.4 is 5.73 Å². The van der Waals surface area contributed by atoms with Crippen LogP contribution in [0.1, 0.15) is 30.9 Å². The van der Waals surface area contributed by atoms with Gasteiger partial charge in [0.2, 0.25) is 0 Å². The normalized spacial score (nSPS) is 23.7. The average molecular weight is 209 g/mol. The second-order valence-corrected chi connectivity index (χ2v) is 3.99. The summed E-state index contributed by atoms with van der Waals surface area (Å²) in [6.07, 6.45) is 3.26. The van der Waals surface area contributed by atoms with E-state index in [2.05, 4.69) is 0 Å². The Kier molecular flexibility index (Phi) is 3.34. The number of benzene rings is 1. The van der Waals surface area contributed by atoms with Gasteiger partial charge in [-0.15, -0.1) is 0 Å². The van der Waals surface area contributed by atoms with E-state index in [0.29, 0.717) is 0 Å². The number of nitrogens with two attached hydrogens (primary N) is 1. The van der Waals surface area contributed by atoms with Gasteiger partial charge in [-0.25, -0.2) is 4.39 Å². The van der Waals surface area contributed by atoms with E-state index in [1.165, 1.54) is 12.1 Å². The predicted molar refractivity (Wildman–Crippen MR) is 56.9 cm³/mol. The molecular formula is C12H16FNO. The monoisotopic (exact) mass is 209 g/mol. The van der Waals surface area contributed by atoms with E-state index in [1.807, 2.05) is 6.07 Å². The van der Waals surface area contributed by atoms with E-state index >= 15 is 0 Å². The van der Waals surface area contributed by atoms with E-state index in [0.717, 1.165) is 31.4 Å². The van der Waals surface area contributed by atoms with Crippen LogP contribution in [0.2, 0.25) is 0 Å². The maximum atomic E-state index is 13.0. The first kappa shape index (κ1) is 10.6. The van der Waals surface area contributed by atoms with E-state index in [-0.39, 0.29) is 18.0 Å². The van der Waals surface area contributed by atoms with Crippen LogP contribution in [0.25, 0.3) is 0 Å². The van der Waals surface area contributed by atoms with Crippen molar-refractivity contribution in [3.8, 4) is 0 Å². The summed E-state index contributed by atoms with van der Waals surface area (Å²) in [5, 5.41) is 0. The minimum absolute atomic E-state index is 0.0422. The van der Waals surface area contributed by atoms with Gasteiger partial charge in [-0.2, -0.15) is 0 Å². The minimum Gasteiger partial charge on any atom is -0.376 e. The highest BCUT2D eigenvalue weighted by atomic mass is 19.1. The first-order valence-electron chi connectivity index (χ1n) is 5.40. The molecule has 82 valence electrons. The van der Waals surface area contributed by atoms with Crippen molar-refractivity contribution in [2.45, 2.75) is 31.4 Å². The predicted octanol–water partition coefficient (Wildman–Crippen LogP) is 2.39. The lowest BCUT2D eigenvalue weighted by Crippen LogP contribution is -2.31. The number of halogens is 1. The Balaban J connectivity index is 2.08. The lowest BCUT2D eigenvalue weighted by molar-refractivity contribution is -0.0000294. The Hall–Kier alpha value is -0.930. The van der Waals surface area contributed by atoms with Crippen LogP contribution in [0.4, 0.5) is 4.39 Å². The Labute approximate surface area is 89.2 Å². The number of ether oxygens (including phenoxy) is 1. The fraction of sp³-hybridized carbons (Fsp3) is 0.500. The summed E-state index contributed by atoms with van der Waals surface area (Å²) in [5.74, 6) is -0.237. The van der Waals surface area contributed by atoms with Crippen LogP contribution in [0.15, 0.2) is 24.3 Å². The lowest BCUT2D eigenvalue weighted by Gasteiger charge is -2.28. The van der Waals surface area contributed by atoms with Crippen molar-refractivity contribution in [3.63, 3.8) is 0 Å². The SMILES string of the molecule is NC(c1cccc(F)c1)C1CCCCO1. The molecule has 0 aromatic heterocycles. The van der Waals surface area contributed by atoms with E-state index in [1.54, 1.807) is 6.07 Å². The van der Waals surface area contributed by atoms with Gasteiger partial charge in [0, 0.05) is 6.61 Å². The van der Waals surface area contributed by atoms with Gasteiger partial charge in [0.05, 0.1) is 12.1 Å². The van der Waals surface area contributed by atoms with Crippen molar-refractivity contribution in [1.82, 2.24) is 0 Å². The van der Waals surface area contributed by atoms with Crippen molar-refractivity contribution in [3.05, 3.63) is 35.6 Å². The molecule has 1 aliphatic heterocycles. The standard InChI is InChI=1S/C12H16FNO/c13-10-5-3-4-9(8-10)12(14)11-6-1-2-7-15-11/h3-5,8,11-12H,1-2,6-7,14H2. The molecule has 0 bridgehead atoms. The molecule has 15 heavy (non-hydrogen) atoms. The number of hydrogen-bond donors (Lipinski definition) is 1. The second kappa shape index (κ2) is 4.73. The van der Waals surface area contributed by atoms with Gasteiger partial charge in [0.1, 0.15) is 5.82 Å². The molecule has 1 aliphatic rings. The third-order valence-electron chi connectivity index (χ3n) is 2.85. The van der Waals surface area contributed by atoms with Crippen LogP contribution in [-0.4, -0.2) is 12.7 Å². The molecule has 1 heterocycles. The summed E-state index contributed by atoms with van der Waals surface area (Å²) in [4.78, 5) is 0. The second-order valence-electron chi connectivity index (χ2n) is 3.99. The van der Waals surface area contributed by atoms with Crippen molar-refractivity contribution < 1.29 is 9.13 Å². The molecule has 2 rings (SSSR count). The Morgan fingerprint density at radius 1 is 1.40 bits per heavy atom. The zero-order valence-electron chi connectivity index (χ0n) is 8.66. The summed E-state index contributed by atoms with van der Waals surface area (Å²) in [6.45, 7) is 0.772. The number of rotatable bonds is 2. The molecule has 0 spiro atoms. The molecule has 2 N–H and O–H groups in total. The topological polar surface area (TPSA) is 35.2 Å². The Morgan fingerprint density at radius 3 is 2.93 bits per heavy atom. The maximum Gasteiger partial charge on any atom is 0.123 e. The highest BCUT2D eigenvalue weighted by Gasteiger charge is 2.22. The summed E-state index contributed by atoms with van der Waals surface area (Å²) in [5.41, 5.74) is 6.87. The largest absolute Gasteiger partial charge is 0.376 e. The van der Waals surface area contributed by atoms with Gasteiger partial charge >= 0.3 is 0 Å². The molecule has 0 saturated carbocycles. The van der Waals surface area contributed by atoms with Crippen LogP contribution in [-0.2, 0) is 4.74 Å². The van der Waals surface area contributed by atoms with E-state index in [4.69, 9.17) is 10.5 Å². The molecule has 3 heteroatoms. The van der Waals surface area contributed by atoms with Crippen LogP contribution in [0.3, 0.4) is 0 Å². The highest BCUT2D eigenvalue weighted by molar-refractivity contribution is 5.20. The van der Waals surface area contributed by atoms with Crippen molar-refractivity contribution in [2.75, 3.05) is 6.61 Å². The molecule has 2 atom stereocenters. The van der Waals surface area contributed by atoms with E-state index in [9.17, 15) is 4.39 Å². The fourth-order valence-corrected chi connectivity index (χ4v) is 1.98. The summed E-state index contributed by atoms with van der Waals surface area (Å²) >= 11 is 0.